The fraction of sp³-hybridized carbons (Fsp3) is 0.0625. The Morgan fingerprint density at radius 3 is 2.38 bits per heavy atom. The maximum atomic E-state index is 12.1. The van der Waals surface area contributed by atoms with Crippen molar-refractivity contribution < 1.29 is 18.1 Å². The summed E-state index contributed by atoms with van der Waals surface area (Å²) in [5.41, 5.74) is 0.907. The first-order chi connectivity index (χ1) is 11.3. The normalized spacial score (nSPS) is 11.4. The van der Waals surface area contributed by atoms with E-state index in [0.717, 1.165) is 11.6 Å². The monoisotopic (exact) mass is 346 g/mol. The molecule has 0 atom stereocenters. The molecule has 0 unspecified atom stereocenters. The van der Waals surface area contributed by atoms with Gasteiger partial charge in [-0.3, -0.25) is 14.9 Å². The second kappa shape index (κ2) is 7.05. The fourth-order valence-electron chi connectivity index (χ4n) is 1.90. The van der Waals surface area contributed by atoms with Gasteiger partial charge in [0.25, 0.3) is 21.6 Å². The van der Waals surface area contributed by atoms with Gasteiger partial charge in [0.15, 0.2) is 0 Å². The van der Waals surface area contributed by atoms with Gasteiger partial charge >= 0.3 is 0 Å². The van der Waals surface area contributed by atoms with Crippen molar-refractivity contribution in [2.24, 2.45) is 0 Å². The van der Waals surface area contributed by atoms with Crippen LogP contribution in [0, 0.1) is 17.0 Å². The molecule has 2 rings (SSSR count). The first-order valence-corrected chi connectivity index (χ1v) is 8.33. The highest BCUT2D eigenvalue weighted by molar-refractivity contribution is 7.90. The van der Waals surface area contributed by atoms with Crippen molar-refractivity contribution in [2.75, 3.05) is 0 Å². The molecule has 0 bridgehead atoms. The van der Waals surface area contributed by atoms with E-state index in [1.165, 1.54) is 36.4 Å². The number of nitrogens with one attached hydrogen (secondary N) is 1. The third-order valence-electron chi connectivity index (χ3n) is 3.11. The number of aryl methyl sites for hydroxylation is 1. The largest absolute Gasteiger partial charge is 0.276 e. The number of nitro groups is 1. The second-order valence-electron chi connectivity index (χ2n) is 4.93. The maximum absolute atomic E-state index is 12.1. The molecule has 0 aliphatic carbocycles. The third kappa shape index (κ3) is 4.26. The second-order valence-corrected chi connectivity index (χ2v) is 6.61. The summed E-state index contributed by atoms with van der Waals surface area (Å²) in [6.07, 6.45) is 2.13. The van der Waals surface area contributed by atoms with Gasteiger partial charge in [-0.05, 0) is 31.2 Å². The fourth-order valence-corrected chi connectivity index (χ4v) is 2.85. The van der Waals surface area contributed by atoms with Crippen molar-refractivity contribution in [1.29, 1.82) is 0 Å². The minimum absolute atomic E-state index is 0.0412. The zero-order valence-corrected chi connectivity index (χ0v) is 13.5. The summed E-state index contributed by atoms with van der Waals surface area (Å²) in [4.78, 5) is 22.1. The van der Waals surface area contributed by atoms with E-state index in [9.17, 15) is 23.3 Å². The predicted octanol–water partition coefficient (Wildman–Crippen LogP) is 2.42. The molecule has 0 aliphatic heterocycles. The molecule has 0 aliphatic rings. The topological polar surface area (TPSA) is 106 Å². The molecule has 7 nitrogen and oxygen atoms in total. The van der Waals surface area contributed by atoms with E-state index in [2.05, 4.69) is 0 Å². The van der Waals surface area contributed by atoms with Gasteiger partial charge in [-0.15, -0.1) is 0 Å². The van der Waals surface area contributed by atoms with E-state index < -0.39 is 20.9 Å². The van der Waals surface area contributed by atoms with Crippen molar-refractivity contribution in [3.8, 4) is 0 Å². The summed E-state index contributed by atoms with van der Waals surface area (Å²) in [6.45, 7) is 1.81. The Morgan fingerprint density at radius 2 is 1.75 bits per heavy atom. The molecule has 0 saturated carbocycles. The van der Waals surface area contributed by atoms with Gasteiger partial charge in [0.1, 0.15) is 0 Å². The first-order valence-electron chi connectivity index (χ1n) is 6.84. The van der Waals surface area contributed by atoms with Crippen LogP contribution in [0.1, 0.15) is 11.1 Å². The van der Waals surface area contributed by atoms with Crippen molar-refractivity contribution >= 4 is 27.7 Å². The molecule has 2 aromatic carbocycles. The minimum Gasteiger partial charge on any atom is -0.269 e. The van der Waals surface area contributed by atoms with Crippen molar-refractivity contribution in [3.63, 3.8) is 0 Å². The highest BCUT2D eigenvalue weighted by Gasteiger charge is 2.16. The first kappa shape index (κ1) is 17.4. The van der Waals surface area contributed by atoms with Gasteiger partial charge in [-0.25, -0.2) is 13.1 Å². The summed E-state index contributed by atoms with van der Waals surface area (Å²) in [5.74, 6) is -0.895. The molecule has 24 heavy (non-hydrogen) atoms. The number of carbonyl (C=O) groups is 1. The molecule has 1 N–H and O–H groups in total. The van der Waals surface area contributed by atoms with Crippen LogP contribution < -0.4 is 4.72 Å². The Hall–Kier alpha value is -3.00. The van der Waals surface area contributed by atoms with Gasteiger partial charge in [0.2, 0.25) is 0 Å². The summed E-state index contributed by atoms with van der Waals surface area (Å²) in [7, 11) is -3.99. The number of hydrogen-bond donors (Lipinski definition) is 1. The summed E-state index contributed by atoms with van der Waals surface area (Å²) in [5, 5.41) is 10.9. The number of nitrogens with zero attached hydrogens (tertiary/aromatic N) is 1. The molecule has 0 heterocycles. The van der Waals surface area contributed by atoms with Crippen LogP contribution in [0.15, 0.2) is 59.5 Å². The Bertz CT molecular complexity index is 902. The molecule has 8 heteroatoms. The molecular weight excluding hydrogens is 332 g/mol. The molecule has 0 saturated heterocycles. The van der Waals surface area contributed by atoms with E-state index in [0.29, 0.717) is 0 Å². The minimum atomic E-state index is -3.99. The molecule has 0 radical (unpaired) electrons. The number of sulfonamides is 1. The number of rotatable bonds is 5. The lowest BCUT2D eigenvalue weighted by atomic mass is 10.1. The lowest BCUT2D eigenvalue weighted by Crippen LogP contribution is -2.28. The van der Waals surface area contributed by atoms with Crippen LogP contribution in [-0.4, -0.2) is 19.2 Å². The maximum Gasteiger partial charge on any atom is 0.276 e. The van der Waals surface area contributed by atoms with Crippen LogP contribution in [0.3, 0.4) is 0 Å². The van der Waals surface area contributed by atoms with Crippen LogP contribution in [0.5, 0.6) is 0 Å². The Labute approximate surface area is 138 Å². The van der Waals surface area contributed by atoms with Crippen LogP contribution in [-0.2, 0) is 14.8 Å². The SMILES string of the molecule is Cc1ccc(S(=O)(=O)NC(=O)/C=C/c2ccccc2[N+](=O)[O-])cc1. The standard InChI is InChI=1S/C16H14N2O5S/c1-12-6-9-14(10-7-12)24(22,23)17-16(19)11-8-13-4-2-3-5-15(13)18(20)21/h2-11H,1H3,(H,17,19)/b11-8+. The zero-order valence-electron chi connectivity index (χ0n) is 12.7. The van der Waals surface area contributed by atoms with Crippen LogP contribution in [0.25, 0.3) is 6.08 Å². The van der Waals surface area contributed by atoms with Gasteiger partial charge in [-0.1, -0.05) is 29.8 Å². The van der Waals surface area contributed by atoms with Gasteiger partial charge in [0, 0.05) is 12.1 Å². The van der Waals surface area contributed by atoms with Crippen LogP contribution in [0.2, 0.25) is 0 Å². The van der Waals surface area contributed by atoms with E-state index in [4.69, 9.17) is 0 Å². The van der Waals surface area contributed by atoms with E-state index in [1.54, 1.807) is 18.2 Å². The smallest absolute Gasteiger partial charge is 0.269 e. The molecule has 1 amide bonds. The van der Waals surface area contributed by atoms with E-state index >= 15 is 0 Å². The Kier molecular flexibility index (Phi) is 5.10. The molecule has 124 valence electrons. The van der Waals surface area contributed by atoms with Crippen LogP contribution >= 0.6 is 0 Å². The Balaban J connectivity index is 2.16. The molecule has 2 aromatic rings. The third-order valence-corrected chi connectivity index (χ3v) is 4.48. The number of carbonyl (C=O) groups excluding carboxylic acids is 1. The highest BCUT2D eigenvalue weighted by Crippen LogP contribution is 2.19. The van der Waals surface area contributed by atoms with Crippen molar-refractivity contribution in [3.05, 3.63) is 75.8 Å². The predicted molar refractivity (Wildman–Crippen MR) is 88.6 cm³/mol. The molecule has 0 fully saturated rings. The Morgan fingerprint density at radius 1 is 1.12 bits per heavy atom. The summed E-state index contributed by atoms with van der Waals surface area (Å²) < 4.78 is 26.0. The number of nitro benzene ring substituents is 1. The number of amides is 1. The number of hydrogen-bond acceptors (Lipinski definition) is 5. The van der Waals surface area contributed by atoms with Gasteiger partial charge in [0.05, 0.1) is 15.4 Å². The van der Waals surface area contributed by atoms with Crippen LogP contribution in [0.4, 0.5) is 5.69 Å². The van der Waals surface area contributed by atoms with E-state index in [1.807, 2.05) is 11.6 Å². The van der Waals surface area contributed by atoms with Gasteiger partial charge in [-0.2, -0.15) is 0 Å². The van der Waals surface area contributed by atoms with E-state index in [-0.39, 0.29) is 16.1 Å². The highest BCUT2D eigenvalue weighted by atomic mass is 32.2. The molecular formula is C16H14N2O5S. The zero-order chi connectivity index (χ0) is 17.7. The summed E-state index contributed by atoms with van der Waals surface area (Å²) >= 11 is 0. The summed E-state index contributed by atoms with van der Waals surface area (Å²) in [6, 6.07) is 11.8. The van der Waals surface area contributed by atoms with Gasteiger partial charge < -0.3 is 0 Å². The molecule has 0 aromatic heterocycles. The lowest BCUT2D eigenvalue weighted by molar-refractivity contribution is -0.385. The number of para-hydroxylation sites is 1. The van der Waals surface area contributed by atoms with Crippen molar-refractivity contribution in [1.82, 2.24) is 4.72 Å². The average Bonchev–Trinajstić information content (AvgIpc) is 2.53. The van der Waals surface area contributed by atoms with Crippen molar-refractivity contribution in [2.45, 2.75) is 11.8 Å². The average molecular weight is 346 g/mol. The molecule has 0 spiro atoms. The lowest BCUT2D eigenvalue weighted by Gasteiger charge is -2.05. The number of benzene rings is 2. The quantitative estimate of drug-likeness (QED) is 0.508.